The summed E-state index contributed by atoms with van der Waals surface area (Å²) in [5, 5.41) is 11.0. The molecule has 1 aromatic rings. The van der Waals surface area contributed by atoms with Gasteiger partial charge in [0.25, 0.3) is 0 Å². The monoisotopic (exact) mass is 280 g/mol. The van der Waals surface area contributed by atoms with Crippen LogP contribution in [0.1, 0.15) is 19.4 Å². The summed E-state index contributed by atoms with van der Waals surface area (Å²) in [6, 6.07) is 3.72. The number of amides is 2. The van der Waals surface area contributed by atoms with Gasteiger partial charge in [0.1, 0.15) is 5.82 Å². The molecule has 0 fully saturated rings. The SMILES string of the molecule is CCN(CC)C(=O)Nc1ccc(C=CC(=O)O)cc1F. The number of benzene rings is 1. The van der Waals surface area contributed by atoms with E-state index in [-0.39, 0.29) is 11.7 Å². The third kappa shape index (κ3) is 4.38. The Morgan fingerprint density at radius 3 is 2.50 bits per heavy atom. The summed E-state index contributed by atoms with van der Waals surface area (Å²) in [4.78, 5) is 23.7. The van der Waals surface area contributed by atoms with Crippen LogP contribution in [0.15, 0.2) is 24.3 Å². The van der Waals surface area contributed by atoms with Crippen molar-refractivity contribution in [1.82, 2.24) is 4.90 Å². The standard InChI is InChI=1S/C14H17FN2O3/c1-3-17(4-2)14(20)16-12-7-5-10(9-11(12)15)6-8-13(18)19/h5-9H,3-4H2,1-2H3,(H,16,20)(H,18,19). The van der Waals surface area contributed by atoms with Crippen molar-refractivity contribution in [2.24, 2.45) is 0 Å². The molecule has 0 atom stereocenters. The Balaban J connectivity index is 2.83. The summed E-state index contributed by atoms with van der Waals surface area (Å²) >= 11 is 0. The quantitative estimate of drug-likeness (QED) is 0.815. The molecule has 0 aliphatic rings. The first-order valence-corrected chi connectivity index (χ1v) is 6.24. The minimum Gasteiger partial charge on any atom is -0.478 e. The predicted octanol–water partition coefficient (Wildman–Crippen LogP) is 2.80. The Kier molecular flexibility index (Phi) is 5.71. The van der Waals surface area contributed by atoms with Gasteiger partial charge in [-0.15, -0.1) is 0 Å². The van der Waals surface area contributed by atoms with Gasteiger partial charge in [-0.2, -0.15) is 0 Å². The Labute approximate surface area is 116 Å². The number of nitrogens with zero attached hydrogens (tertiary/aromatic N) is 1. The van der Waals surface area contributed by atoms with Crippen LogP contribution in [0.25, 0.3) is 6.08 Å². The van der Waals surface area contributed by atoms with E-state index in [1.807, 2.05) is 13.8 Å². The maximum Gasteiger partial charge on any atom is 0.328 e. The van der Waals surface area contributed by atoms with Crippen molar-refractivity contribution in [1.29, 1.82) is 0 Å². The van der Waals surface area contributed by atoms with Crippen LogP contribution in [0, 0.1) is 5.82 Å². The largest absolute Gasteiger partial charge is 0.478 e. The molecule has 0 aromatic heterocycles. The van der Waals surface area contributed by atoms with E-state index in [0.717, 1.165) is 12.1 Å². The first-order chi connectivity index (χ1) is 9.47. The number of halogens is 1. The van der Waals surface area contributed by atoms with Crippen molar-refractivity contribution in [3.63, 3.8) is 0 Å². The van der Waals surface area contributed by atoms with Crippen molar-refractivity contribution in [2.75, 3.05) is 18.4 Å². The average Bonchev–Trinajstić information content (AvgIpc) is 2.40. The lowest BCUT2D eigenvalue weighted by Crippen LogP contribution is -2.34. The Morgan fingerprint density at radius 1 is 1.35 bits per heavy atom. The van der Waals surface area contributed by atoms with Gasteiger partial charge >= 0.3 is 12.0 Å². The minimum atomic E-state index is -1.11. The first-order valence-electron chi connectivity index (χ1n) is 6.24. The number of aliphatic carboxylic acids is 1. The molecule has 0 aliphatic carbocycles. The lowest BCUT2D eigenvalue weighted by Gasteiger charge is -2.19. The van der Waals surface area contributed by atoms with Crippen LogP contribution < -0.4 is 5.32 Å². The molecule has 0 saturated heterocycles. The average molecular weight is 280 g/mol. The molecular weight excluding hydrogens is 263 g/mol. The molecule has 0 radical (unpaired) electrons. The number of hydrogen-bond acceptors (Lipinski definition) is 2. The molecule has 1 aromatic carbocycles. The van der Waals surface area contributed by atoms with E-state index >= 15 is 0 Å². The highest BCUT2D eigenvalue weighted by atomic mass is 19.1. The number of anilines is 1. The zero-order chi connectivity index (χ0) is 15.1. The number of carbonyl (C=O) groups is 2. The second-order valence-corrected chi connectivity index (χ2v) is 4.01. The summed E-state index contributed by atoms with van der Waals surface area (Å²) in [6.45, 7) is 4.73. The fourth-order valence-corrected chi connectivity index (χ4v) is 1.61. The number of carbonyl (C=O) groups excluding carboxylic acids is 1. The van der Waals surface area contributed by atoms with Crippen LogP contribution in [0.4, 0.5) is 14.9 Å². The van der Waals surface area contributed by atoms with Gasteiger partial charge in [-0.3, -0.25) is 0 Å². The Morgan fingerprint density at radius 2 is 2.00 bits per heavy atom. The topological polar surface area (TPSA) is 69.6 Å². The van der Waals surface area contributed by atoms with Gasteiger partial charge < -0.3 is 15.3 Å². The molecule has 0 bridgehead atoms. The van der Waals surface area contributed by atoms with Crippen LogP contribution in [-0.4, -0.2) is 35.1 Å². The zero-order valence-electron chi connectivity index (χ0n) is 11.4. The second-order valence-electron chi connectivity index (χ2n) is 4.01. The van der Waals surface area contributed by atoms with E-state index in [0.29, 0.717) is 18.7 Å². The van der Waals surface area contributed by atoms with E-state index in [1.165, 1.54) is 23.1 Å². The molecule has 5 nitrogen and oxygen atoms in total. The molecule has 108 valence electrons. The number of carboxylic acid groups (broad SMARTS) is 1. The van der Waals surface area contributed by atoms with E-state index < -0.39 is 11.8 Å². The lowest BCUT2D eigenvalue weighted by molar-refractivity contribution is -0.131. The summed E-state index contributed by atoms with van der Waals surface area (Å²) in [5.41, 5.74) is 0.472. The summed E-state index contributed by atoms with van der Waals surface area (Å²) in [5.74, 6) is -1.72. The van der Waals surface area contributed by atoms with Crippen molar-refractivity contribution >= 4 is 23.8 Å². The number of hydrogen-bond donors (Lipinski definition) is 2. The van der Waals surface area contributed by atoms with E-state index in [9.17, 15) is 14.0 Å². The van der Waals surface area contributed by atoms with Crippen LogP contribution in [-0.2, 0) is 4.79 Å². The third-order valence-corrected chi connectivity index (χ3v) is 2.70. The molecule has 1 rings (SSSR count). The molecule has 0 saturated carbocycles. The van der Waals surface area contributed by atoms with Gasteiger partial charge in [-0.1, -0.05) is 6.07 Å². The Hall–Kier alpha value is -2.37. The Bertz CT molecular complexity index is 525. The summed E-state index contributed by atoms with van der Waals surface area (Å²) in [6.07, 6.45) is 2.20. The molecule has 2 N–H and O–H groups in total. The van der Waals surface area contributed by atoms with Gasteiger partial charge in [-0.25, -0.2) is 14.0 Å². The van der Waals surface area contributed by atoms with E-state index in [1.54, 1.807) is 0 Å². The summed E-state index contributed by atoms with van der Waals surface area (Å²) < 4.78 is 13.8. The van der Waals surface area contributed by atoms with Gasteiger partial charge in [0.2, 0.25) is 0 Å². The van der Waals surface area contributed by atoms with Crippen LogP contribution in [0.5, 0.6) is 0 Å². The molecule has 20 heavy (non-hydrogen) atoms. The molecule has 6 heteroatoms. The van der Waals surface area contributed by atoms with Crippen LogP contribution in [0.2, 0.25) is 0 Å². The van der Waals surface area contributed by atoms with Crippen LogP contribution >= 0.6 is 0 Å². The molecule has 2 amide bonds. The molecule has 0 aliphatic heterocycles. The first kappa shape index (κ1) is 15.7. The molecular formula is C14H17FN2O3. The fourth-order valence-electron chi connectivity index (χ4n) is 1.61. The normalized spacial score (nSPS) is 10.6. The van der Waals surface area contributed by atoms with Crippen LogP contribution in [0.3, 0.4) is 0 Å². The van der Waals surface area contributed by atoms with Crippen molar-refractivity contribution in [2.45, 2.75) is 13.8 Å². The maximum absolute atomic E-state index is 13.8. The van der Waals surface area contributed by atoms with Crippen molar-refractivity contribution in [3.05, 3.63) is 35.7 Å². The van der Waals surface area contributed by atoms with Gasteiger partial charge in [0, 0.05) is 19.2 Å². The highest BCUT2D eigenvalue weighted by Gasteiger charge is 2.11. The highest BCUT2D eigenvalue weighted by molar-refractivity contribution is 5.90. The van der Waals surface area contributed by atoms with Crippen molar-refractivity contribution < 1.29 is 19.1 Å². The van der Waals surface area contributed by atoms with E-state index in [2.05, 4.69) is 5.32 Å². The second kappa shape index (κ2) is 7.28. The maximum atomic E-state index is 13.8. The fraction of sp³-hybridized carbons (Fsp3) is 0.286. The lowest BCUT2D eigenvalue weighted by atomic mass is 10.2. The predicted molar refractivity (Wildman–Crippen MR) is 75.0 cm³/mol. The number of nitrogens with one attached hydrogen (secondary N) is 1. The third-order valence-electron chi connectivity index (χ3n) is 2.70. The van der Waals surface area contributed by atoms with Gasteiger partial charge in [-0.05, 0) is 37.6 Å². The minimum absolute atomic E-state index is 0.0642. The molecule has 0 heterocycles. The number of carboxylic acids is 1. The number of urea groups is 1. The van der Waals surface area contributed by atoms with Gasteiger partial charge in [0.05, 0.1) is 5.69 Å². The van der Waals surface area contributed by atoms with E-state index in [4.69, 9.17) is 5.11 Å². The van der Waals surface area contributed by atoms with Gasteiger partial charge in [0.15, 0.2) is 0 Å². The highest BCUT2D eigenvalue weighted by Crippen LogP contribution is 2.17. The smallest absolute Gasteiger partial charge is 0.328 e. The number of rotatable bonds is 5. The molecule has 0 spiro atoms. The molecule has 0 unspecified atom stereocenters. The summed E-state index contributed by atoms with van der Waals surface area (Å²) in [7, 11) is 0. The zero-order valence-corrected chi connectivity index (χ0v) is 11.4. The van der Waals surface area contributed by atoms with Crippen molar-refractivity contribution in [3.8, 4) is 0 Å².